The Bertz CT molecular complexity index is 729. The monoisotopic (exact) mass is 382 g/mol. The molecular formula is C24H30O4. The quantitative estimate of drug-likeness (QED) is 0.634. The molecular weight excluding hydrogens is 352 g/mol. The van der Waals surface area contributed by atoms with Crippen LogP contribution in [0.3, 0.4) is 0 Å². The molecule has 3 rings (SSSR count). The van der Waals surface area contributed by atoms with Crippen molar-refractivity contribution in [2.75, 3.05) is 0 Å². The zero-order chi connectivity index (χ0) is 20.0. The van der Waals surface area contributed by atoms with Crippen LogP contribution in [0.1, 0.15) is 43.9 Å². The summed E-state index contributed by atoms with van der Waals surface area (Å²) in [4.78, 5) is 0. The molecule has 1 N–H and O–H groups in total. The standard InChI is InChI=1S/C24H30O4/c1-4-5-16-20(26-17-18-12-8-6-9-13-18)22-23(28-24(2,3)27-22)21(25)19-14-10-7-11-15-19/h4,6-15,20-23,25H,1,5,16-17H2,2-3H3/t20-,21-,22+,23+/m0/s1. The molecule has 28 heavy (non-hydrogen) atoms. The number of allylic oxidation sites excluding steroid dienone is 1. The molecule has 1 heterocycles. The van der Waals surface area contributed by atoms with Crippen LogP contribution < -0.4 is 0 Å². The van der Waals surface area contributed by atoms with Gasteiger partial charge in [0.2, 0.25) is 0 Å². The molecule has 1 aliphatic heterocycles. The van der Waals surface area contributed by atoms with Crippen molar-refractivity contribution in [3.8, 4) is 0 Å². The third kappa shape index (κ3) is 5.30. The van der Waals surface area contributed by atoms with Gasteiger partial charge < -0.3 is 19.3 Å². The second-order valence-electron chi connectivity index (χ2n) is 7.62. The topological polar surface area (TPSA) is 47.9 Å². The molecule has 1 fully saturated rings. The predicted octanol–water partition coefficient (Wildman–Crippen LogP) is 4.79. The molecule has 0 saturated carbocycles. The molecule has 4 atom stereocenters. The lowest BCUT2D eigenvalue weighted by Gasteiger charge is -2.29. The fourth-order valence-corrected chi connectivity index (χ4v) is 3.59. The van der Waals surface area contributed by atoms with Crippen molar-refractivity contribution in [3.05, 3.63) is 84.4 Å². The van der Waals surface area contributed by atoms with Crippen LogP contribution in [0.5, 0.6) is 0 Å². The average Bonchev–Trinajstić information content (AvgIpc) is 3.04. The molecule has 0 aromatic heterocycles. The predicted molar refractivity (Wildman–Crippen MR) is 110 cm³/mol. The number of benzene rings is 2. The summed E-state index contributed by atoms with van der Waals surface area (Å²) in [7, 11) is 0. The van der Waals surface area contributed by atoms with Gasteiger partial charge in [-0.05, 0) is 37.8 Å². The molecule has 4 nitrogen and oxygen atoms in total. The van der Waals surface area contributed by atoms with Crippen LogP contribution in [-0.2, 0) is 20.8 Å². The number of hydrogen-bond acceptors (Lipinski definition) is 4. The van der Waals surface area contributed by atoms with E-state index in [1.807, 2.05) is 80.6 Å². The SMILES string of the molecule is C=CCC[C@H](OCc1ccccc1)[C@H]1OC(C)(C)O[C@@H]1[C@@H](O)c1ccccc1. The van der Waals surface area contributed by atoms with E-state index < -0.39 is 18.0 Å². The average molecular weight is 383 g/mol. The zero-order valence-corrected chi connectivity index (χ0v) is 16.7. The molecule has 2 aromatic carbocycles. The molecule has 0 unspecified atom stereocenters. The van der Waals surface area contributed by atoms with E-state index in [0.29, 0.717) is 6.61 Å². The van der Waals surface area contributed by atoms with E-state index in [-0.39, 0.29) is 12.2 Å². The summed E-state index contributed by atoms with van der Waals surface area (Å²) in [5.74, 6) is -0.784. The third-order valence-electron chi connectivity index (χ3n) is 4.94. The summed E-state index contributed by atoms with van der Waals surface area (Å²) in [6.45, 7) is 8.06. The van der Waals surface area contributed by atoms with Crippen LogP contribution in [0.2, 0.25) is 0 Å². The summed E-state index contributed by atoms with van der Waals surface area (Å²) in [6.07, 6.45) is 1.52. The Hall–Kier alpha value is -1.98. The number of ether oxygens (including phenoxy) is 3. The molecule has 0 aliphatic carbocycles. The van der Waals surface area contributed by atoms with Gasteiger partial charge >= 0.3 is 0 Å². The van der Waals surface area contributed by atoms with Gasteiger partial charge in [0, 0.05) is 0 Å². The first kappa shape index (κ1) is 20.7. The first-order valence-corrected chi connectivity index (χ1v) is 9.85. The van der Waals surface area contributed by atoms with Gasteiger partial charge in [0.05, 0.1) is 12.7 Å². The Balaban J connectivity index is 1.79. The van der Waals surface area contributed by atoms with Crippen LogP contribution in [-0.4, -0.2) is 29.2 Å². The van der Waals surface area contributed by atoms with E-state index in [9.17, 15) is 5.11 Å². The Morgan fingerprint density at radius 2 is 1.64 bits per heavy atom. The Morgan fingerprint density at radius 1 is 1.04 bits per heavy atom. The third-order valence-corrected chi connectivity index (χ3v) is 4.94. The van der Waals surface area contributed by atoms with Crippen LogP contribution in [0, 0.1) is 0 Å². The smallest absolute Gasteiger partial charge is 0.164 e. The molecule has 0 amide bonds. The van der Waals surface area contributed by atoms with Gasteiger partial charge in [-0.1, -0.05) is 66.7 Å². The van der Waals surface area contributed by atoms with Gasteiger partial charge in [-0.3, -0.25) is 0 Å². The Kier molecular flexibility index (Phi) is 7.03. The fourth-order valence-electron chi connectivity index (χ4n) is 3.59. The first-order chi connectivity index (χ1) is 13.5. The Morgan fingerprint density at radius 3 is 2.29 bits per heavy atom. The van der Waals surface area contributed by atoms with Gasteiger partial charge in [-0.25, -0.2) is 0 Å². The zero-order valence-electron chi connectivity index (χ0n) is 16.7. The van der Waals surface area contributed by atoms with E-state index in [0.717, 1.165) is 24.0 Å². The second kappa shape index (κ2) is 9.48. The maximum absolute atomic E-state index is 11.0. The first-order valence-electron chi connectivity index (χ1n) is 9.85. The Labute approximate surface area is 167 Å². The molecule has 0 bridgehead atoms. The van der Waals surface area contributed by atoms with Gasteiger partial charge in [0.25, 0.3) is 0 Å². The van der Waals surface area contributed by atoms with Gasteiger partial charge in [-0.2, -0.15) is 0 Å². The normalized spacial score (nSPS) is 23.2. The van der Waals surface area contributed by atoms with Gasteiger partial charge in [0.1, 0.15) is 18.3 Å². The number of rotatable bonds is 9. The highest BCUT2D eigenvalue weighted by Gasteiger charge is 2.48. The summed E-state index contributed by atoms with van der Waals surface area (Å²) in [6, 6.07) is 19.6. The van der Waals surface area contributed by atoms with E-state index in [1.54, 1.807) is 0 Å². The van der Waals surface area contributed by atoms with Crippen molar-refractivity contribution in [3.63, 3.8) is 0 Å². The van der Waals surface area contributed by atoms with Crippen molar-refractivity contribution in [1.82, 2.24) is 0 Å². The minimum atomic E-state index is -0.792. The summed E-state index contributed by atoms with van der Waals surface area (Å²) in [5.41, 5.74) is 1.91. The van der Waals surface area contributed by atoms with Gasteiger partial charge in [0.15, 0.2) is 5.79 Å². The lowest BCUT2D eigenvalue weighted by atomic mass is 9.95. The van der Waals surface area contributed by atoms with Crippen LogP contribution in [0.25, 0.3) is 0 Å². The molecule has 2 aromatic rings. The van der Waals surface area contributed by atoms with Crippen molar-refractivity contribution in [2.24, 2.45) is 0 Å². The van der Waals surface area contributed by atoms with E-state index >= 15 is 0 Å². The largest absolute Gasteiger partial charge is 0.386 e. The summed E-state index contributed by atoms with van der Waals surface area (Å²) in [5, 5.41) is 11.0. The fraction of sp³-hybridized carbons (Fsp3) is 0.417. The van der Waals surface area contributed by atoms with Crippen molar-refractivity contribution in [2.45, 2.75) is 63.5 Å². The highest BCUT2D eigenvalue weighted by molar-refractivity contribution is 5.19. The molecule has 1 aliphatic rings. The van der Waals surface area contributed by atoms with Crippen molar-refractivity contribution >= 4 is 0 Å². The lowest BCUT2D eigenvalue weighted by Crippen LogP contribution is -2.40. The maximum atomic E-state index is 11.0. The lowest BCUT2D eigenvalue weighted by molar-refractivity contribution is -0.164. The minimum absolute atomic E-state index is 0.219. The van der Waals surface area contributed by atoms with E-state index in [1.165, 1.54) is 0 Å². The number of hydrogen-bond donors (Lipinski definition) is 1. The number of aliphatic hydroxyl groups excluding tert-OH is 1. The molecule has 150 valence electrons. The van der Waals surface area contributed by atoms with Crippen LogP contribution in [0.4, 0.5) is 0 Å². The highest BCUT2D eigenvalue weighted by Crippen LogP contribution is 2.38. The van der Waals surface area contributed by atoms with E-state index in [2.05, 4.69) is 6.58 Å². The highest BCUT2D eigenvalue weighted by atomic mass is 16.8. The summed E-state index contributed by atoms with van der Waals surface area (Å²) < 4.78 is 18.6. The van der Waals surface area contributed by atoms with E-state index in [4.69, 9.17) is 14.2 Å². The second-order valence-corrected chi connectivity index (χ2v) is 7.62. The minimum Gasteiger partial charge on any atom is -0.386 e. The van der Waals surface area contributed by atoms with Crippen molar-refractivity contribution in [1.29, 1.82) is 0 Å². The van der Waals surface area contributed by atoms with Crippen molar-refractivity contribution < 1.29 is 19.3 Å². The molecule has 0 spiro atoms. The van der Waals surface area contributed by atoms with Crippen LogP contribution in [0.15, 0.2) is 73.3 Å². The van der Waals surface area contributed by atoms with Gasteiger partial charge in [-0.15, -0.1) is 6.58 Å². The number of aliphatic hydroxyl groups is 1. The molecule has 1 saturated heterocycles. The van der Waals surface area contributed by atoms with Crippen LogP contribution >= 0.6 is 0 Å². The molecule has 4 heteroatoms. The summed E-state index contributed by atoms with van der Waals surface area (Å²) >= 11 is 0. The maximum Gasteiger partial charge on any atom is 0.164 e. The molecule has 0 radical (unpaired) electrons.